The first-order valence-electron chi connectivity index (χ1n) is 11.2. The van der Waals surface area contributed by atoms with Gasteiger partial charge in [0.1, 0.15) is 0 Å². The third-order valence-corrected chi connectivity index (χ3v) is 8.97. The number of rotatable bonds is 6. The van der Waals surface area contributed by atoms with Gasteiger partial charge >= 0.3 is 5.97 Å². The average Bonchev–Trinajstić information content (AvgIpc) is 3.19. The van der Waals surface area contributed by atoms with Gasteiger partial charge in [0.05, 0.1) is 37.4 Å². The number of anilines is 1. The SMILES string of the molecule is O=C(O)c1cccc2c1N[C@H](c1cccc([N+](=O)[O-])c1)[C@@H]1C[C@H](Sc3ccccc3[N+](=O)[O-])[C@@H](Cl)[C@@H]21. The number of nitro groups is 2. The van der Waals surface area contributed by atoms with Crippen LogP contribution in [0.25, 0.3) is 0 Å². The number of nitrogens with zero attached hydrogens (tertiary/aromatic N) is 2. The quantitative estimate of drug-likeness (QED) is 0.219. The molecule has 5 atom stereocenters. The lowest BCUT2D eigenvalue weighted by molar-refractivity contribution is -0.387. The van der Waals surface area contributed by atoms with Gasteiger partial charge in [-0.1, -0.05) is 36.4 Å². The summed E-state index contributed by atoms with van der Waals surface area (Å²) in [5.74, 6) is -1.47. The largest absolute Gasteiger partial charge is 0.478 e. The molecule has 11 heteroatoms. The molecule has 1 aliphatic carbocycles. The first-order chi connectivity index (χ1) is 17.3. The second-order valence-corrected chi connectivity index (χ2v) is 10.6. The lowest BCUT2D eigenvalue weighted by atomic mass is 9.76. The summed E-state index contributed by atoms with van der Waals surface area (Å²) in [6, 6.07) is 17.4. The van der Waals surface area contributed by atoms with Crippen LogP contribution in [0.15, 0.2) is 71.6 Å². The number of halogens is 1. The summed E-state index contributed by atoms with van der Waals surface area (Å²) in [7, 11) is 0. The van der Waals surface area contributed by atoms with Gasteiger partial charge in [-0.25, -0.2) is 4.79 Å². The molecule has 0 spiro atoms. The van der Waals surface area contributed by atoms with Crippen LogP contribution < -0.4 is 5.32 Å². The Balaban J connectivity index is 1.59. The predicted octanol–water partition coefficient (Wildman–Crippen LogP) is 6.24. The topological polar surface area (TPSA) is 136 Å². The maximum absolute atomic E-state index is 12.0. The Labute approximate surface area is 214 Å². The van der Waals surface area contributed by atoms with Crippen molar-refractivity contribution < 1.29 is 19.7 Å². The molecule has 0 radical (unpaired) electrons. The molecule has 2 N–H and O–H groups in total. The zero-order valence-electron chi connectivity index (χ0n) is 18.6. The maximum atomic E-state index is 12.0. The fraction of sp³-hybridized carbons (Fsp3) is 0.240. The van der Waals surface area contributed by atoms with Gasteiger partial charge < -0.3 is 10.4 Å². The molecule has 3 aromatic rings. The van der Waals surface area contributed by atoms with Gasteiger partial charge in [0, 0.05) is 29.4 Å². The molecule has 1 saturated carbocycles. The van der Waals surface area contributed by atoms with Crippen LogP contribution in [0.4, 0.5) is 17.1 Å². The highest BCUT2D eigenvalue weighted by Gasteiger charge is 2.51. The molecule has 0 amide bonds. The van der Waals surface area contributed by atoms with E-state index in [0.717, 1.165) is 5.56 Å². The summed E-state index contributed by atoms with van der Waals surface area (Å²) in [6.45, 7) is 0. The predicted molar refractivity (Wildman–Crippen MR) is 136 cm³/mol. The van der Waals surface area contributed by atoms with Crippen molar-refractivity contribution in [3.05, 3.63) is 104 Å². The monoisotopic (exact) mass is 525 g/mol. The number of nitro benzene ring substituents is 2. The van der Waals surface area contributed by atoms with Crippen molar-refractivity contribution in [1.82, 2.24) is 0 Å². The first-order valence-corrected chi connectivity index (χ1v) is 12.5. The van der Waals surface area contributed by atoms with Crippen LogP contribution in [0.2, 0.25) is 0 Å². The van der Waals surface area contributed by atoms with Crippen molar-refractivity contribution in [1.29, 1.82) is 0 Å². The molecule has 1 heterocycles. The van der Waals surface area contributed by atoms with Gasteiger partial charge in [-0.2, -0.15) is 0 Å². The van der Waals surface area contributed by atoms with Crippen molar-refractivity contribution in [2.24, 2.45) is 5.92 Å². The Kier molecular flexibility index (Phi) is 6.31. The average molecular weight is 526 g/mol. The normalized spacial score (nSPS) is 24.3. The lowest BCUT2D eigenvalue weighted by Crippen LogP contribution is -2.32. The number of alkyl halides is 1. The maximum Gasteiger partial charge on any atom is 0.337 e. The van der Waals surface area contributed by atoms with Crippen LogP contribution in [0.1, 0.15) is 39.9 Å². The number of para-hydroxylation sites is 2. The minimum Gasteiger partial charge on any atom is -0.478 e. The van der Waals surface area contributed by atoms with E-state index in [4.69, 9.17) is 11.6 Å². The van der Waals surface area contributed by atoms with Gasteiger partial charge in [-0.3, -0.25) is 20.2 Å². The van der Waals surface area contributed by atoms with Gasteiger partial charge in [-0.15, -0.1) is 23.4 Å². The molecule has 2 aliphatic rings. The summed E-state index contributed by atoms with van der Waals surface area (Å²) in [5.41, 5.74) is 1.92. The summed E-state index contributed by atoms with van der Waals surface area (Å²) in [5, 5.41) is 35.5. The molecule has 36 heavy (non-hydrogen) atoms. The van der Waals surface area contributed by atoms with Crippen molar-refractivity contribution in [2.75, 3.05) is 5.32 Å². The number of fused-ring (bicyclic) bond motifs is 3. The Hall–Kier alpha value is -3.63. The molecular formula is C25H20ClN3O6S. The second kappa shape index (κ2) is 9.44. The number of non-ortho nitro benzene ring substituents is 1. The molecule has 184 valence electrons. The van der Waals surface area contributed by atoms with Gasteiger partial charge in [0.2, 0.25) is 0 Å². The summed E-state index contributed by atoms with van der Waals surface area (Å²) >= 11 is 8.40. The number of aromatic carboxylic acids is 1. The van der Waals surface area contributed by atoms with Gasteiger partial charge in [0.25, 0.3) is 11.4 Å². The summed E-state index contributed by atoms with van der Waals surface area (Å²) in [4.78, 5) is 34.6. The molecule has 0 aromatic heterocycles. The Morgan fingerprint density at radius 1 is 1.03 bits per heavy atom. The smallest absolute Gasteiger partial charge is 0.337 e. The molecule has 5 rings (SSSR count). The molecule has 0 unspecified atom stereocenters. The first kappa shape index (κ1) is 24.1. The number of nitrogens with one attached hydrogen (secondary N) is 1. The highest BCUT2D eigenvalue weighted by molar-refractivity contribution is 8.00. The van der Waals surface area contributed by atoms with E-state index in [1.54, 1.807) is 36.4 Å². The third-order valence-electron chi connectivity index (χ3n) is 6.86. The summed E-state index contributed by atoms with van der Waals surface area (Å²) < 4.78 is 0. The van der Waals surface area contributed by atoms with E-state index in [1.165, 1.54) is 36.0 Å². The molecule has 1 aliphatic heterocycles. The number of thioether (sulfide) groups is 1. The van der Waals surface area contributed by atoms with E-state index >= 15 is 0 Å². The van der Waals surface area contributed by atoms with E-state index in [1.807, 2.05) is 6.07 Å². The van der Waals surface area contributed by atoms with Gasteiger partial charge in [-0.05, 0) is 35.6 Å². The molecule has 3 aromatic carbocycles. The molecule has 0 saturated heterocycles. The van der Waals surface area contributed by atoms with E-state index in [9.17, 15) is 30.1 Å². The Morgan fingerprint density at radius 3 is 2.50 bits per heavy atom. The zero-order chi connectivity index (χ0) is 25.6. The number of carboxylic acid groups (broad SMARTS) is 1. The number of carboxylic acids is 1. The fourth-order valence-electron chi connectivity index (χ4n) is 5.35. The standard InChI is InChI=1S/C25H20ClN3O6S/c26-22-20(36-19-10-2-1-9-18(19)29(34)35)12-17-21(22)15-7-4-8-16(25(30)31)24(15)27-23(17)13-5-3-6-14(11-13)28(32)33/h1-11,17,20-23,27H,12H2,(H,30,31)/t17-,20+,21+,22-,23-/m1/s1. The minimum absolute atomic E-state index is 0.00293. The van der Waals surface area contributed by atoms with E-state index in [2.05, 4.69) is 5.32 Å². The Morgan fingerprint density at radius 2 is 1.78 bits per heavy atom. The highest BCUT2D eigenvalue weighted by atomic mass is 35.5. The van der Waals surface area contributed by atoms with Crippen LogP contribution in [0.5, 0.6) is 0 Å². The van der Waals surface area contributed by atoms with Gasteiger partial charge in [0.15, 0.2) is 0 Å². The lowest BCUT2D eigenvalue weighted by Gasteiger charge is -2.38. The molecule has 9 nitrogen and oxygen atoms in total. The second-order valence-electron chi connectivity index (χ2n) is 8.80. The van der Waals surface area contributed by atoms with E-state index in [-0.39, 0.29) is 34.0 Å². The van der Waals surface area contributed by atoms with Crippen LogP contribution in [-0.4, -0.2) is 31.5 Å². The minimum atomic E-state index is -1.09. The van der Waals surface area contributed by atoms with Crippen LogP contribution in [-0.2, 0) is 0 Å². The van der Waals surface area contributed by atoms with Crippen LogP contribution in [0.3, 0.4) is 0 Å². The number of benzene rings is 3. The van der Waals surface area contributed by atoms with Crippen LogP contribution >= 0.6 is 23.4 Å². The molecule has 1 fully saturated rings. The van der Waals surface area contributed by atoms with Crippen molar-refractivity contribution >= 4 is 46.4 Å². The van der Waals surface area contributed by atoms with Crippen LogP contribution in [0, 0.1) is 26.1 Å². The third kappa shape index (κ3) is 4.16. The molecule has 0 bridgehead atoms. The van der Waals surface area contributed by atoms with Crippen molar-refractivity contribution in [2.45, 2.75) is 33.9 Å². The number of hydrogen-bond donors (Lipinski definition) is 2. The Bertz CT molecular complexity index is 1390. The highest BCUT2D eigenvalue weighted by Crippen LogP contribution is 2.58. The van der Waals surface area contributed by atoms with Crippen molar-refractivity contribution in [3.8, 4) is 0 Å². The number of hydrogen-bond acceptors (Lipinski definition) is 7. The van der Waals surface area contributed by atoms with E-state index < -0.39 is 27.2 Å². The molecular weight excluding hydrogens is 506 g/mol. The zero-order valence-corrected chi connectivity index (χ0v) is 20.2. The van der Waals surface area contributed by atoms with E-state index in [0.29, 0.717) is 22.6 Å². The fourth-order valence-corrected chi connectivity index (χ4v) is 7.30. The van der Waals surface area contributed by atoms with Crippen molar-refractivity contribution in [3.63, 3.8) is 0 Å². The number of carbonyl (C=O) groups is 1. The summed E-state index contributed by atoms with van der Waals surface area (Å²) in [6.07, 6.45) is 0.576.